The van der Waals surface area contributed by atoms with Gasteiger partial charge in [-0.05, 0) is 46.5 Å². The lowest BCUT2D eigenvalue weighted by Crippen LogP contribution is -2.42. The number of nitrogens with zero attached hydrogens (tertiary/aromatic N) is 1. The topological polar surface area (TPSA) is 102 Å². The van der Waals surface area contributed by atoms with Crippen molar-refractivity contribution in [3.63, 3.8) is 0 Å². The zero-order valence-electron chi connectivity index (χ0n) is 19.6. The first-order valence-electron chi connectivity index (χ1n) is 11.9. The minimum Gasteiger partial charge on any atom is -0.480 e. The van der Waals surface area contributed by atoms with E-state index in [0.29, 0.717) is 16.5 Å². The van der Waals surface area contributed by atoms with Crippen LogP contribution in [0.2, 0.25) is 0 Å². The van der Waals surface area contributed by atoms with Crippen molar-refractivity contribution in [1.82, 2.24) is 10.3 Å². The quantitative estimate of drug-likeness (QED) is 0.275. The summed E-state index contributed by atoms with van der Waals surface area (Å²) < 4.78 is 12.4. The number of nitrogens with one attached hydrogen (secondary N) is 1. The maximum Gasteiger partial charge on any atom is 0.407 e. The number of hydrogen-bond donors (Lipinski definition) is 2. The zero-order chi connectivity index (χ0) is 25.4. The molecule has 184 valence electrons. The summed E-state index contributed by atoms with van der Waals surface area (Å²) in [7, 11) is 0. The number of aliphatic carboxylic acids is 1. The van der Waals surface area contributed by atoms with Gasteiger partial charge >= 0.3 is 12.1 Å². The average Bonchev–Trinajstić information content (AvgIpc) is 3.63. The number of ether oxygens (including phenoxy) is 1. The van der Waals surface area contributed by atoms with E-state index in [9.17, 15) is 14.7 Å². The number of thiazole rings is 1. The molecule has 2 aromatic heterocycles. The Morgan fingerprint density at radius 1 is 0.946 bits per heavy atom. The van der Waals surface area contributed by atoms with Crippen LogP contribution in [0.4, 0.5) is 4.79 Å². The van der Waals surface area contributed by atoms with Crippen molar-refractivity contribution in [3.05, 3.63) is 102 Å². The summed E-state index contributed by atoms with van der Waals surface area (Å²) in [4.78, 5) is 29.1. The molecule has 0 spiro atoms. The maximum absolute atomic E-state index is 12.6. The van der Waals surface area contributed by atoms with Gasteiger partial charge in [0, 0.05) is 12.3 Å². The van der Waals surface area contributed by atoms with Crippen LogP contribution in [0.5, 0.6) is 0 Å². The summed E-state index contributed by atoms with van der Waals surface area (Å²) in [6, 6.07) is 26.1. The number of fused-ring (bicyclic) bond motifs is 4. The molecule has 1 unspecified atom stereocenters. The molecule has 1 amide bonds. The Bertz CT molecular complexity index is 1540. The normalized spacial score (nSPS) is 13.2. The van der Waals surface area contributed by atoms with Gasteiger partial charge in [0.15, 0.2) is 10.8 Å². The smallest absolute Gasteiger partial charge is 0.407 e. The fourth-order valence-corrected chi connectivity index (χ4v) is 5.69. The van der Waals surface area contributed by atoms with E-state index < -0.39 is 18.1 Å². The molecule has 7 nitrogen and oxygen atoms in total. The van der Waals surface area contributed by atoms with Gasteiger partial charge in [0.05, 0.1) is 10.2 Å². The van der Waals surface area contributed by atoms with Crippen LogP contribution >= 0.6 is 11.3 Å². The van der Waals surface area contributed by atoms with Crippen LogP contribution in [-0.4, -0.2) is 34.8 Å². The fourth-order valence-electron chi connectivity index (χ4n) is 4.76. The highest BCUT2D eigenvalue weighted by Crippen LogP contribution is 2.44. The first-order chi connectivity index (χ1) is 18.1. The van der Waals surface area contributed by atoms with Crippen molar-refractivity contribution in [2.45, 2.75) is 18.4 Å². The summed E-state index contributed by atoms with van der Waals surface area (Å²) >= 11 is 1.50. The molecule has 1 aliphatic carbocycles. The summed E-state index contributed by atoms with van der Waals surface area (Å²) in [6.07, 6.45) is -0.808. The number of hydrogen-bond acceptors (Lipinski definition) is 6. The van der Waals surface area contributed by atoms with E-state index in [1.54, 1.807) is 12.1 Å². The van der Waals surface area contributed by atoms with Crippen LogP contribution in [0.15, 0.2) is 89.3 Å². The second kappa shape index (κ2) is 9.55. The van der Waals surface area contributed by atoms with Gasteiger partial charge < -0.3 is 19.6 Å². The molecule has 1 atom stereocenters. The Morgan fingerprint density at radius 3 is 2.32 bits per heavy atom. The molecule has 5 aromatic rings. The molecule has 0 saturated heterocycles. The summed E-state index contributed by atoms with van der Waals surface area (Å²) in [5.74, 6) is -0.295. The van der Waals surface area contributed by atoms with Crippen LogP contribution in [0.1, 0.15) is 22.8 Å². The maximum atomic E-state index is 12.6. The minimum atomic E-state index is -1.20. The van der Waals surface area contributed by atoms with Crippen LogP contribution in [-0.2, 0) is 16.0 Å². The van der Waals surface area contributed by atoms with Gasteiger partial charge in [-0.15, -0.1) is 11.3 Å². The molecular formula is C29H22N2O5S. The molecule has 0 bridgehead atoms. The minimum absolute atomic E-state index is 0.0234. The Morgan fingerprint density at radius 2 is 1.62 bits per heavy atom. The van der Waals surface area contributed by atoms with Gasteiger partial charge in [-0.1, -0.05) is 60.7 Å². The molecular weight excluding hydrogens is 488 g/mol. The molecule has 37 heavy (non-hydrogen) atoms. The molecule has 2 N–H and O–H groups in total. The second-order valence-corrected chi connectivity index (χ2v) is 9.85. The summed E-state index contributed by atoms with van der Waals surface area (Å²) in [5.41, 5.74) is 5.30. The number of aromatic nitrogens is 1. The molecule has 3 aromatic carbocycles. The zero-order valence-corrected chi connectivity index (χ0v) is 20.4. The highest BCUT2D eigenvalue weighted by Gasteiger charge is 2.30. The summed E-state index contributed by atoms with van der Waals surface area (Å²) in [5, 5.41) is 12.9. The number of amides is 1. The number of carbonyl (C=O) groups is 2. The third-order valence-corrected chi connectivity index (χ3v) is 7.56. The van der Waals surface area contributed by atoms with E-state index in [4.69, 9.17) is 9.15 Å². The molecule has 2 heterocycles. The van der Waals surface area contributed by atoms with E-state index in [1.165, 1.54) is 11.3 Å². The standard InChI is InChI=1S/C29H22N2O5S/c32-28(33)24(15-17-13-14-25(36-17)27-30-23-11-5-6-12-26(23)37-27)31-29(34)35-16-22-20-9-3-1-7-18(20)19-8-2-4-10-21(19)22/h1-14,22,24H,15-16H2,(H,31,34)(H,32,33). The third-order valence-electron chi connectivity index (χ3n) is 6.51. The van der Waals surface area contributed by atoms with E-state index in [-0.39, 0.29) is 18.9 Å². The summed E-state index contributed by atoms with van der Waals surface area (Å²) in [6.45, 7) is 0.106. The first-order valence-corrected chi connectivity index (χ1v) is 12.7. The van der Waals surface area contributed by atoms with Crippen molar-refractivity contribution in [2.24, 2.45) is 0 Å². The Labute approximate surface area is 216 Å². The number of alkyl carbamates (subject to hydrolysis) is 1. The van der Waals surface area contributed by atoms with Gasteiger partial charge in [0.2, 0.25) is 0 Å². The van der Waals surface area contributed by atoms with Crippen LogP contribution in [0.25, 0.3) is 32.1 Å². The highest BCUT2D eigenvalue weighted by atomic mass is 32.1. The molecule has 0 fully saturated rings. The van der Waals surface area contributed by atoms with E-state index in [1.807, 2.05) is 60.7 Å². The van der Waals surface area contributed by atoms with Gasteiger partial charge in [-0.25, -0.2) is 14.6 Å². The SMILES string of the molecule is O=C(NC(Cc1ccc(-c2nc3ccccc3s2)o1)C(=O)O)OCC1c2ccccc2-c2ccccc21. The number of benzene rings is 3. The van der Waals surface area contributed by atoms with Gasteiger partial charge in [0.1, 0.15) is 18.4 Å². The third kappa shape index (κ3) is 4.47. The molecule has 0 aliphatic heterocycles. The predicted octanol–water partition coefficient (Wildman–Crippen LogP) is 6.09. The van der Waals surface area contributed by atoms with Crippen molar-refractivity contribution >= 4 is 33.6 Å². The number of carbonyl (C=O) groups excluding carboxylic acids is 1. The number of carboxylic acid groups (broad SMARTS) is 1. The van der Waals surface area contributed by atoms with E-state index in [2.05, 4.69) is 22.4 Å². The van der Waals surface area contributed by atoms with Crippen LogP contribution in [0, 0.1) is 0 Å². The van der Waals surface area contributed by atoms with Crippen molar-refractivity contribution < 1.29 is 23.8 Å². The number of para-hydroxylation sites is 1. The lowest BCUT2D eigenvalue weighted by atomic mass is 9.98. The Hall–Kier alpha value is -4.43. The van der Waals surface area contributed by atoms with Crippen LogP contribution < -0.4 is 5.32 Å². The molecule has 0 radical (unpaired) electrons. The van der Waals surface area contributed by atoms with Crippen LogP contribution in [0.3, 0.4) is 0 Å². The van der Waals surface area contributed by atoms with Crippen molar-refractivity contribution in [1.29, 1.82) is 0 Å². The highest BCUT2D eigenvalue weighted by molar-refractivity contribution is 7.21. The van der Waals surface area contributed by atoms with E-state index in [0.717, 1.165) is 32.5 Å². The van der Waals surface area contributed by atoms with Gasteiger partial charge in [-0.3, -0.25) is 0 Å². The van der Waals surface area contributed by atoms with E-state index >= 15 is 0 Å². The number of furan rings is 1. The lowest BCUT2D eigenvalue weighted by molar-refractivity contribution is -0.139. The Kier molecular flexibility index (Phi) is 5.94. The molecule has 8 heteroatoms. The monoisotopic (exact) mass is 510 g/mol. The second-order valence-electron chi connectivity index (χ2n) is 8.82. The molecule has 0 saturated carbocycles. The average molecular weight is 511 g/mol. The largest absolute Gasteiger partial charge is 0.480 e. The lowest BCUT2D eigenvalue weighted by Gasteiger charge is -2.17. The fraction of sp³-hybridized carbons (Fsp3) is 0.138. The number of rotatable bonds is 7. The number of carboxylic acids is 1. The van der Waals surface area contributed by atoms with Crippen molar-refractivity contribution in [2.75, 3.05) is 6.61 Å². The van der Waals surface area contributed by atoms with Gasteiger partial charge in [-0.2, -0.15) is 0 Å². The van der Waals surface area contributed by atoms with Crippen molar-refractivity contribution in [3.8, 4) is 21.9 Å². The van der Waals surface area contributed by atoms with Gasteiger partial charge in [0.25, 0.3) is 0 Å². The molecule has 6 rings (SSSR count). The molecule has 1 aliphatic rings. The predicted molar refractivity (Wildman–Crippen MR) is 141 cm³/mol. The first kappa shape index (κ1) is 23.0. The Balaban J connectivity index is 1.12.